The molecule has 0 saturated carbocycles. The topological polar surface area (TPSA) is 52.6 Å². The highest BCUT2D eigenvalue weighted by Gasteiger charge is 2.18. The molecule has 0 bridgehead atoms. The molecule has 0 aromatic heterocycles. The normalized spacial score (nSPS) is 14.3. The molecule has 0 saturated heterocycles. The number of carbonyl (C=O) groups excluding carboxylic acids is 1. The highest BCUT2D eigenvalue weighted by molar-refractivity contribution is 5.78. The van der Waals surface area contributed by atoms with Crippen molar-refractivity contribution in [3.05, 3.63) is 29.8 Å². The highest BCUT2D eigenvalue weighted by Crippen LogP contribution is 2.21. The van der Waals surface area contributed by atoms with Gasteiger partial charge in [-0.3, -0.25) is 9.69 Å². The Morgan fingerprint density at radius 3 is 2.39 bits per heavy atom. The van der Waals surface area contributed by atoms with E-state index in [0.717, 1.165) is 5.56 Å². The van der Waals surface area contributed by atoms with Gasteiger partial charge in [-0.15, -0.1) is 0 Å². The van der Waals surface area contributed by atoms with Crippen molar-refractivity contribution in [2.75, 3.05) is 20.6 Å². The van der Waals surface area contributed by atoms with Crippen LogP contribution < -0.4 is 5.32 Å². The Balaban J connectivity index is 2.63. The lowest BCUT2D eigenvalue weighted by Gasteiger charge is -2.27. The summed E-state index contributed by atoms with van der Waals surface area (Å²) < 4.78 is 0. The number of aromatic hydroxyl groups is 1. The Labute approximate surface area is 109 Å². The van der Waals surface area contributed by atoms with E-state index < -0.39 is 0 Å². The number of rotatable bonds is 5. The van der Waals surface area contributed by atoms with Crippen LogP contribution in [0.4, 0.5) is 0 Å². The lowest BCUT2D eigenvalue weighted by Crippen LogP contribution is -2.35. The van der Waals surface area contributed by atoms with E-state index in [0.29, 0.717) is 6.54 Å². The van der Waals surface area contributed by atoms with Crippen molar-refractivity contribution in [2.24, 2.45) is 5.92 Å². The molecule has 1 amide bonds. The van der Waals surface area contributed by atoms with Crippen LogP contribution in [0.15, 0.2) is 24.3 Å². The van der Waals surface area contributed by atoms with Crippen LogP contribution in [0.2, 0.25) is 0 Å². The van der Waals surface area contributed by atoms with Crippen LogP contribution in [0, 0.1) is 5.92 Å². The van der Waals surface area contributed by atoms with Gasteiger partial charge in [-0.1, -0.05) is 19.1 Å². The third-order valence-corrected chi connectivity index (χ3v) is 3.29. The van der Waals surface area contributed by atoms with Gasteiger partial charge in [0.25, 0.3) is 0 Å². The zero-order valence-corrected chi connectivity index (χ0v) is 11.5. The van der Waals surface area contributed by atoms with Gasteiger partial charge in [0, 0.05) is 25.6 Å². The van der Waals surface area contributed by atoms with Crippen LogP contribution in [-0.2, 0) is 4.79 Å². The molecule has 100 valence electrons. The van der Waals surface area contributed by atoms with Gasteiger partial charge in [-0.2, -0.15) is 0 Å². The van der Waals surface area contributed by atoms with Crippen LogP contribution in [-0.4, -0.2) is 36.6 Å². The number of nitrogens with one attached hydrogen (secondary N) is 1. The molecule has 0 radical (unpaired) electrons. The summed E-state index contributed by atoms with van der Waals surface area (Å²) in [5, 5.41) is 11.9. The van der Waals surface area contributed by atoms with Crippen LogP contribution in [0.3, 0.4) is 0 Å². The fraction of sp³-hybridized carbons (Fsp3) is 0.500. The summed E-state index contributed by atoms with van der Waals surface area (Å²) in [6, 6.07) is 7.38. The molecule has 0 fully saturated rings. The minimum absolute atomic E-state index is 0.0421. The number of amides is 1. The molecular formula is C14H22N2O2. The molecule has 0 aliphatic heterocycles. The van der Waals surface area contributed by atoms with E-state index in [1.807, 2.05) is 26.1 Å². The van der Waals surface area contributed by atoms with Gasteiger partial charge in [-0.05, 0) is 31.7 Å². The standard InChI is InChI=1S/C14H22N2O2/c1-10(14(18)15-3)9-16(4)11(2)12-5-7-13(17)8-6-12/h5-8,10-11,17H,9H2,1-4H3,(H,15,18). The van der Waals surface area contributed by atoms with E-state index in [1.54, 1.807) is 19.2 Å². The van der Waals surface area contributed by atoms with Gasteiger partial charge in [0.05, 0.1) is 0 Å². The lowest BCUT2D eigenvalue weighted by atomic mass is 10.0. The van der Waals surface area contributed by atoms with Crippen molar-refractivity contribution in [3.8, 4) is 5.75 Å². The molecule has 4 heteroatoms. The Morgan fingerprint density at radius 2 is 1.89 bits per heavy atom. The van der Waals surface area contributed by atoms with E-state index in [2.05, 4.69) is 17.1 Å². The second kappa shape index (κ2) is 6.40. The highest BCUT2D eigenvalue weighted by atomic mass is 16.3. The molecule has 0 aliphatic carbocycles. The van der Waals surface area contributed by atoms with Crippen LogP contribution in [0.5, 0.6) is 5.75 Å². The number of carbonyl (C=O) groups is 1. The second-order valence-electron chi connectivity index (χ2n) is 4.72. The number of hydrogen-bond acceptors (Lipinski definition) is 3. The fourth-order valence-corrected chi connectivity index (χ4v) is 1.93. The summed E-state index contributed by atoms with van der Waals surface area (Å²) in [5.41, 5.74) is 1.12. The van der Waals surface area contributed by atoms with Crippen molar-refractivity contribution in [1.82, 2.24) is 10.2 Å². The van der Waals surface area contributed by atoms with Crippen molar-refractivity contribution in [2.45, 2.75) is 19.9 Å². The predicted molar refractivity (Wildman–Crippen MR) is 72.4 cm³/mol. The molecule has 18 heavy (non-hydrogen) atoms. The SMILES string of the molecule is CNC(=O)C(C)CN(C)C(C)c1ccc(O)cc1. The number of hydrogen-bond donors (Lipinski definition) is 2. The largest absolute Gasteiger partial charge is 0.508 e. The Bertz CT molecular complexity index is 389. The maximum atomic E-state index is 11.5. The fourth-order valence-electron chi connectivity index (χ4n) is 1.93. The van der Waals surface area contributed by atoms with Gasteiger partial charge < -0.3 is 10.4 Å². The van der Waals surface area contributed by atoms with Gasteiger partial charge >= 0.3 is 0 Å². The average Bonchev–Trinajstić information content (AvgIpc) is 2.37. The summed E-state index contributed by atoms with van der Waals surface area (Å²) in [5.74, 6) is 0.284. The Hall–Kier alpha value is -1.55. The monoisotopic (exact) mass is 250 g/mol. The summed E-state index contributed by atoms with van der Waals surface area (Å²) in [6.45, 7) is 4.70. The van der Waals surface area contributed by atoms with E-state index >= 15 is 0 Å². The molecule has 4 nitrogen and oxygen atoms in total. The lowest BCUT2D eigenvalue weighted by molar-refractivity contribution is -0.124. The molecule has 1 aromatic carbocycles. The Morgan fingerprint density at radius 1 is 1.33 bits per heavy atom. The van der Waals surface area contributed by atoms with Gasteiger partial charge in [0.1, 0.15) is 5.75 Å². The van der Waals surface area contributed by atoms with Gasteiger partial charge in [0.2, 0.25) is 5.91 Å². The Kier molecular flexibility index (Phi) is 5.16. The summed E-state index contributed by atoms with van der Waals surface area (Å²) in [7, 11) is 3.65. The van der Waals surface area contributed by atoms with Crippen molar-refractivity contribution >= 4 is 5.91 Å². The number of benzene rings is 1. The van der Waals surface area contributed by atoms with E-state index in [9.17, 15) is 9.90 Å². The van der Waals surface area contributed by atoms with E-state index in [1.165, 1.54) is 0 Å². The van der Waals surface area contributed by atoms with Crippen LogP contribution >= 0.6 is 0 Å². The van der Waals surface area contributed by atoms with Gasteiger partial charge in [-0.25, -0.2) is 0 Å². The first kappa shape index (κ1) is 14.5. The van der Waals surface area contributed by atoms with Crippen molar-refractivity contribution in [1.29, 1.82) is 0 Å². The third-order valence-electron chi connectivity index (χ3n) is 3.29. The van der Waals surface area contributed by atoms with Gasteiger partial charge in [0.15, 0.2) is 0 Å². The smallest absolute Gasteiger partial charge is 0.223 e. The maximum absolute atomic E-state index is 11.5. The van der Waals surface area contributed by atoms with Crippen molar-refractivity contribution < 1.29 is 9.90 Å². The average molecular weight is 250 g/mol. The van der Waals surface area contributed by atoms with Crippen molar-refractivity contribution in [3.63, 3.8) is 0 Å². The van der Waals surface area contributed by atoms with Crippen LogP contribution in [0.25, 0.3) is 0 Å². The molecule has 0 spiro atoms. The van der Waals surface area contributed by atoms with E-state index in [-0.39, 0.29) is 23.6 Å². The number of nitrogens with zero attached hydrogens (tertiary/aromatic N) is 1. The number of phenolic OH excluding ortho intramolecular Hbond substituents is 1. The molecule has 2 unspecified atom stereocenters. The predicted octanol–water partition coefficient (Wildman–Crippen LogP) is 1.77. The zero-order chi connectivity index (χ0) is 13.7. The molecule has 0 aliphatic rings. The maximum Gasteiger partial charge on any atom is 0.223 e. The zero-order valence-electron chi connectivity index (χ0n) is 11.5. The first-order chi connectivity index (χ1) is 8.45. The molecule has 0 heterocycles. The van der Waals surface area contributed by atoms with E-state index in [4.69, 9.17) is 0 Å². The minimum atomic E-state index is -0.0421. The second-order valence-corrected chi connectivity index (χ2v) is 4.72. The quantitative estimate of drug-likeness (QED) is 0.837. The number of phenols is 1. The molecule has 2 atom stereocenters. The summed E-state index contributed by atoms with van der Waals surface area (Å²) in [4.78, 5) is 13.6. The summed E-state index contributed by atoms with van der Waals surface area (Å²) in [6.07, 6.45) is 0. The molecule has 1 aromatic rings. The summed E-state index contributed by atoms with van der Waals surface area (Å²) >= 11 is 0. The third kappa shape index (κ3) is 3.74. The minimum Gasteiger partial charge on any atom is -0.508 e. The first-order valence-corrected chi connectivity index (χ1v) is 6.16. The molecular weight excluding hydrogens is 228 g/mol. The molecule has 1 rings (SSSR count). The van der Waals surface area contributed by atoms with Crippen LogP contribution in [0.1, 0.15) is 25.5 Å². The molecule has 2 N–H and O–H groups in total. The first-order valence-electron chi connectivity index (χ1n) is 6.16.